The van der Waals surface area contributed by atoms with Crippen LogP contribution in [0.25, 0.3) is 11.1 Å². The molecule has 4 rings (SSSR count). The van der Waals surface area contributed by atoms with Crippen LogP contribution < -0.4 is 5.32 Å². The van der Waals surface area contributed by atoms with Gasteiger partial charge >= 0.3 is 12.1 Å². The van der Waals surface area contributed by atoms with Crippen molar-refractivity contribution in [2.75, 3.05) is 19.7 Å². The molecule has 180 valence electrons. The van der Waals surface area contributed by atoms with Crippen LogP contribution >= 0.6 is 0 Å². The number of likely N-dealkylation sites (N-methyl/N-ethyl adjacent to an activating group) is 1. The summed E-state index contributed by atoms with van der Waals surface area (Å²) in [6.45, 7) is 1.60. The van der Waals surface area contributed by atoms with E-state index in [1.807, 2.05) is 66.7 Å². The number of benzene rings is 3. The third-order valence-electron chi connectivity index (χ3n) is 6.24. The summed E-state index contributed by atoms with van der Waals surface area (Å²) in [5.41, 5.74) is 5.29. The van der Waals surface area contributed by atoms with Gasteiger partial charge in [-0.2, -0.15) is 0 Å². The minimum atomic E-state index is -1.11. The van der Waals surface area contributed by atoms with E-state index in [1.54, 1.807) is 6.92 Å². The number of ether oxygens (including phenoxy) is 1. The number of aliphatic carboxylic acids is 1. The largest absolute Gasteiger partial charge is 0.480 e. The molecule has 0 fully saturated rings. The van der Waals surface area contributed by atoms with E-state index < -0.39 is 30.6 Å². The van der Waals surface area contributed by atoms with E-state index >= 15 is 0 Å². The number of fused-ring (bicyclic) bond motifs is 3. The number of carboxylic acid groups (broad SMARTS) is 1. The van der Waals surface area contributed by atoms with Crippen LogP contribution in [0.4, 0.5) is 4.79 Å². The highest BCUT2D eigenvalue weighted by Crippen LogP contribution is 2.44. The maximum atomic E-state index is 13.1. The first-order valence-corrected chi connectivity index (χ1v) is 11.6. The lowest BCUT2D eigenvalue weighted by Gasteiger charge is -2.26. The van der Waals surface area contributed by atoms with Crippen LogP contribution in [0.5, 0.6) is 0 Å². The lowest BCUT2D eigenvalue weighted by Crippen LogP contribution is -2.51. The molecule has 1 aliphatic rings. The molecular formula is C28H28N2O5. The van der Waals surface area contributed by atoms with Gasteiger partial charge in [0.05, 0.1) is 0 Å². The smallest absolute Gasteiger partial charge is 0.407 e. The molecule has 0 saturated carbocycles. The second kappa shape index (κ2) is 10.9. The number of carbonyl (C=O) groups is 3. The van der Waals surface area contributed by atoms with Crippen LogP contribution in [0.1, 0.15) is 29.5 Å². The Morgan fingerprint density at radius 1 is 0.914 bits per heavy atom. The van der Waals surface area contributed by atoms with E-state index in [2.05, 4.69) is 17.4 Å². The van der Waals surface area contributed by atoms with Crippen LogP contribution in [0, 0.1) is 0 Å². The first-order valence-electron chi connectivity index (χ1n) is 11.6. The predicted molar refractivity (Wildman–Crippen MR) is 132 cm³/mol. The lowest BCUT2D eigenvalue weighted by atomic mass is 9.98. The van der Waals surface area contributed by atoms with E-state index in [4.69, 9.17) is 4.74 Å². The van der Waals surface area contributed by atoms with Gasteiger partial charge in [-0.25, -0.2) is 4.79 Å². The van der Waals surface area contributed by atoms with Crippen molar-refractivity contribution in [1.82, 2.24) is 10.2 Å². The van der Waals surface area contributed by atoms with Crippen molar-refractivity contribution in [3.63, 3.8) is 0 Å². The lowest BCUT2D eigenvalue weighted by molar-refractivity contribution is -0.145. The number of carboxylic acids is 1. The molecule has 0 aromatic heterocycles. The van der Waals surface area contributed by atoms with Crippen molar-refractivity contribution in [3.8, 4) is 11.1 Å². The van der Waals surface area contributed by atoms with E-state index in [0.29, 0.717) is 0 Å². The van der Waals surface area contributed by atoms with Crippen LogP contribution in [-0.4, -0.2) is 53.7 Å². The SMILES string of the molecule is CCN(CC(=O)O)C(=O)[C@H](Cc1ccccc1)NC(=O)OCC1c2ccccc2-c2ccccc21. The molecule has 35 heavy (non-hydrogen) atoms. The first kappa shape index (κ1) is 24.0. The number of amides is 2. The minimum Gasteiger partial charge on any atom is -0.480 e. The zero-order valence-corrected chi connectivity index (χ0v) is 19.5. The minimum absolute atomic E-state index is 0.101. The summed E-state index contributed by atoms with van der Waals surface area (Å²) in [5.74, 6) is -1.68. The van der Waals surface area contributed by atoms with Crippen LogP contribution in [-0.2, 0) is 20.7 Å². The van der Waals surface area contributed by atoms with Gasteiger partial charge in [0.2, 0.25) is 5.91 Å². The fourth-order valence-corrected chi connectivity index (χ4v) is 4.56. The van der Waals surface area contributed by atoms with Gasteiger partial charge in [0.1, 0.15) is 19.2 Å². The fourth-order valence-electron chi connectivity index (χ4n) is 4.56. The Bertz CT molecular complexity index is 1170. The standard InChI is InChI=1S/C28H28N2O5/c1-2-30(17-26(31)32)27(33)25(16-19-10-4-3-5-11-19)29-28(34)35-18-24-22-14-8-6-12-20(22)21-13-7-9-15-23(21)24/h3-15,24-25H,2,16-18H2,1H3,(H,29,34)(H,31,32)/t25-/m0/s1. The topological polar surface area (TPSA) is 95.9 Å². The maximum Gasteiger partial charge on any atom is 0.407 e. The normalized spacial score (nSPS) is 12.8. The number of alkyl carbamates (subject to hydrolysis) is 1. The number of nitrogens with one attached hydrogen (secondary N) is 1. The second-order valence-corrected chi connectivity index (χ2v) is 8.46. The zero-order chi connectivity index (χ0) is 24.8. The number of rotatable bonds is 9. The third kappa shape index (κ3) is 5.51. The molecule has 2 amide bonds. The van der Waals surface area contributed by atoms with Gasteiger partial charge in [0, 0.05) is 18.9 Å². The molecule has 2 N–H and O–H groups in total. The Hall–Kier alpha value is -4.13. The summed E-state index contributed by atoms with van der Waals surface area (Å²) in [6, 6.07) is 24.4. The van der Waals surface area contributed by atoms with Crippen molar-refractivity contribution in [1.29, 1.82) is 0 Å². The molecule has 0 unspecified atom stereocenters. The van der Waals surface area contributed by atoms with Crippen molar-refractivity contribution >= 4 is 18.0 Å². The first-order chi connectivity index (χ1) is 17.0. The van der Waals surface area contributed by atoms with Crippen LogP contribution in [0.15, 0.2) is 78.9 Å². The third-order valence-corrected chi connectivity index (χ3v) is 6.24. The molecule has 3 aromatic carbocycles. The highest BCUT2D eigenvalue weighted by Gasteiger charge is 2.31. The molecule has 1 atom stereocenters. The monoisotopic (exact) mass is 472 g/mol. The number of hydrogen-bond donors (Lipinski definition) is 2. The van der Waals surface area contributed by atoms with Gasteiger partial charge in [0.25, 0.3) is 0 Å². The van der Waals surface area contributed by atoms with Gasteiger partial charge in [-0.1, -0.05) is 78.9 Å². The predicted octanol–water partition coefficient (Wildman–Crippen LogP) is 4.07. The Morgan fingerprint density at radius 3 is 2.06 bits per heavy atom. The highest BCUT2D eigenvalue weighted by molar-refractivity contribution is 5.88. The highest BCUT2D eigenvalue weighted by atomic mass is 16.5. The zero-order valence-electron chi connectivity index (χ0n) is 19.5. The quantitative estimate of drug-likeness (QED) is 0.490. The Labute approximate surface area is 204 Å². The van der Waals surface area contributed by atoms with Crippen molar-refractivity contribution < 1.29 is 24.2 Å². The van der Waals surface area contributed by atoms with Crippen molar-refractivity contribution in [3.05, 3.63) is 95.6 Å². The molecule has 7 heteroatoms. The van der Waals surface area contributed by atoms with E-state index in [0.717, 1.165) is 27.8 Å². The fraction of sp³-hybridized carbons (Fsp3) is 0.250. The Kier molecular flexibility index (Phi) is 7.45. The molecule has 0 aliphatic heterocycles. The second-order valence-electron chi connectivity index (χ2n) is 8.46. The molecule has 1 aliphatic carbocycles. The summed E-state index contributed by atoms with van der Waals surface area (Å²) in [4.78, 5) is 38.4. The molecular weight excluding hydrogens is 444 g/mol. The summed E-state index contributed by atoms with van der Waals surface area (Å²) in [5, 5.41) is 11.9. The van der Waals surface area contributed by atoms with Gasteiger partial charge in [0.15, 0.2) is 0 Å². The van der Waals surface area contributed by atoms with Gasteiger partial charge in [-0.15, -0.1) is 0 Å². The Balaban J connectivity index is 1.48. The van der Waals surface area contributed by atoms with E-state index in [1.165, 1.54) is 4.90 Å². The molecule has 0 spiro atoms. The van der Waals surface area contributed by atoms with Crippen LogP contribution in [0.2, 0.25) is 0 Å². The number of hydrogen-bond acceptors (Lipinski definition) is 4. The summed E-state index contributed by atoms with van der Waals surface area (Å²) >= 11 is 0. The molecule has 0 radical (unpaired) electrons. The van der Waals surface area contributed by atoms with E-state index in [-0.39, 0.29) is 25.5 Å². The van der Waals surface area contributed by atoms with Gasteiger partial charge in [-0.3, -0.25) is 9.59 Å². The maximum absolute atomic E-state index is 13.1. The van der Waals surface area contributed by atoms with Crippen molar-refractivity contribution in [2.24, 2.45) is 0 Å². The van der Waals surface area contributed by atoms with Crippen molar-refractivity contribution in [2.45, 2.75) is 25.3 Å². The van der Waals surface area contributed by atoms with Gasteiger partial charge < -0.3 is 20.1 Å². The van der Waals surface area contributed by atoms with Crippen LogP contribution in [0.3, 0.4) is 0 Å². The van der Waals surface area contributed by atoms with E-state index in [9.17, 15) is 19.5 Å². The van der Waals surface area contributed by atoms with Gasteiger partial charge in [-0.05, 0) is 34.7 Å². The number of nitrogens with zero attached hydrogens (tertiary/aromatic N) is 1. The molecule has 3 aromatic rings. The summed E-state index contributed by atoms with van der Waals surface area (Å²) < 4.78 is 5.62. The number of carbonyl (C=O) groups excluding carboxylic acids is 2. The summed E-state index contributed by atoms with van der Waals surface area (Å²) in [7, 11) is 0. The average molecular weight is 473 g/mol. The average Bonchev–Trinajstić information content (AvgIpc) is 3.19. The molecule has 0 saturated heterocycles. The molecule has 7 nitrogen and oxygen atoms in total. The molecule has 0 bridgehead atoms. The Morgan fingerprint density at radius 2 is 1.49 bits per heavy atom. The summed E-state index contributed by atoms with van der Waals surface area (Å²) in [6.07, 6.45) is -0.493. The molecule has 0 heterocycles.